The summed E-state index contributed by atoms with van der Waals surface area (Å²) in [5.41, 5.74) is 5.08. The van der Waals surface area contributed by atoms with Gasteiger partial charge in [0.25, 0.3) is 0 Å². The van der Waals surface area contributed by atoms with Crippen molar-refractivity contribution in [1.29, 1.82) is 5.26 Å². The Morgan fingerprint density at radius 3 is 3.06 bits per heavy atom. The van der Waals surface area contributed by atoms with Crippen LogP contribution in [0, 0.1) is 11.3 Å². The van der Waals surface area contributed by atoms with Crippen molar-refractivity contribution in [2.24, 2.45) is 0 Å². The molecule has 0 spiro atoms. The zero-order chi connectivity index (χ0) is 12.1. The minimum absolute atomic E-state index is 0.536. The molecule has 90 valence electrons. The van der Waals surface area contributed by atoms with Crippen molar-refractivity contribution in [2.75, 3.05) is 20.1 Å². The van der Waals surface area contributed by atoms with Gasteiger partial charge in [-0.15, -0.1) is 0 Å². The van der Waals surface area contributed by atoms with Crippen molar-refractivity contribution in [1.82, 2.24) is 15.4 Å². The third-order valence-corrected chi connectivity index (χ3v) is 3.40. The molecule has 0 unspecified atom stereocenters. The zero-order valence-electron chi connectivity index (χ0n) is 10.2. The summed E-state index contributed by atoms with van der Waals surface area (Å²) >= 11 is 0. The van der Waals surface area contributed by atoms with E-state index in [-0.39, 0.29) is 0 Å². The van der Waals surface area contributed by atoms with Gasteiger partial charge in [-0.25, -0.2) is 5.01 Å². The summed E-state index contributed by atoms with van der Waals surface area (Å²) in [6.45, 7) is 2.15. The van der Waals surface area contributed by atoms with E-state index in [9.17, 15) is 0 Å². The van der Waals surface area contributed by atoms with Crippen LogP contribution in [0.3, 0.4) is 0 Å². The summed E-state index contributed by atoms with van der Waals surface area (Å²) in [6, 6.07) is 4.14. The minimum Gasteiger partial charge on any atom is -0.263 e. The van der Waals surface area contributed by atoms with Crippen LogP contribution < -0.4 is 5.43 Å². The Morgan fingerprint density at radius 1 is 1.41 bits per heavy atom. The normalized spacial score (nSPS) is 21.8. The smallest absolute Gasteiger partial charge is 0.101 e. The van der Waals surface area contributed by atoms with Crippen molar-refractivity contribution in [3.63, 3.8) is 0 Å². The van der Waals surface area contributed by atoms with Gasteiger partial charge in [0.15, 0.2) is 0 Å². The lowest BCUT2D eigenvalue weighted by Gasteiger charge is -2.18. The van der Waals surface area contributed by atoms with Gasteiger partial charge in [0, 0.05) is 25.5 Å². The molecule has 2 heterocycles. The largest absolute Gasteiger partial charge is 0.263 e. The first-order chi connectivity index (χ1) is 8.33. The molecule has 4 nitrogen and oxygen atoms in total. The first-order valence-corrected chi connectivity index (χ1v) is 6.11. The van der Waals surface area contributed by atoms with Crippen LogP contribution in [-0.2, 0) is 0 Å². The second kappa shape index (κ2) is 5.76. The zero-order valence-corrected chi connectivity index (χ0v) is 10.2. The third kappa shape index (κ3) is 3.02. The number of nitriles is 1. The molecular weight excluding hydrogens is 212 g/mol. The summed E-state index contributed by atoms with van der Waals surface area (Å²) in [7, 11) is 1.97. The summed E-state index contributed by atoms with van der Waals surface area (Å²) in [5.74, 6) is 0.536. The van der Waals surface area contributed by atoms with Gasteiger partial charge in [-0.2, -0.15) is 5.26 Å². The Balaban J connectivity index is 2.09. The standard InChI is InChI=1S/C13H18N4/c1-15-17-5-2-3-12(4-6-17)13-7-11(8-14)9-16-10-13/h7,9-10,12,15H,2-6H2,1H3/t12-/m0/s1. The van der Waals surface area contributed by atoms with Crippen molar-refractivity contribution in [3.05, 3.63) is 29.6 Å². The predicted molar refractivity (Wildman–Crippen MR) is 66.2 cm³/mol. The molecule has 1 aromatic heterocycles. The molecule has 4 heteroatoms. The Hall–Kier alpha value is -1.44. The molecule has 0 saturated carbocycles. The molecule has 1 atom stereocenters. The van der Waals surface area contributed by atoms with Crippen LogP contribution in [-0.4, -0.2) is 30.1 Å². The van der Waals surface area contributed by atoms with E-state index in [2.05, 4.69) is 21.5 Å². The van der Waals surface area contributed by atoms with E-state index in [1.165, 1.54) is 18.4 Å². The molecule has 1 N–H and O–H groups in total. The molecule has 1 fully saturated rings. The molecule has 1 aromatic rings. The fraction of sp³-hybridized carbons (Fsp3) is 0.538. The van der Waals surface area contributed by atoms with Gasteiger partial charge < -0.3 is 0 Å². The highest BCUT2D eigenvalue weighted by Crippen LogP contribution is 2.27. The van der Waals surface area contributed by atoms with E-state index in [1.807, 2.05) is 19.3 Å². The second-order valence-electron chi connectivity index (χ2n) is 4.46. The van der Waals surface area contributed by atoms with E-state index >= 15 is 0 Å². The SMILES string of the molecule is CNN1CCC[C@H](c2cncc(C#N)c2)CC1. The second-order valence-corrected chi connectivity index (χ2v) is 4.46. The van der Waals surface area contributed by atoms with Crippen molar-refractivity contribution < 1.29 is 0 Å². The molecule has 1 saturated heterocycles. The maximum atomic E-state index is 8.89. The fourth-order valence-electron chi connectivity index (χ4n) is 2.40. The highest BCUT2D eigenvalue weighted by molar-refractivity contribution is 5.30. The lowest BCUT2D eigenvalue weighted by molar-refractivity contribution is 0.216. The molecule has 0 aromatic carbocycles. The van der Waals surface area contributed by atoms with Gasteiger partial charge in [0.2, 0.25) is 0 Å². The maximum absolute atomic E-state index is 8.89. The predicted octanol–water partition coefficient (Wildman–Crippen LogP) is 1.66. The van der Waals surface area contributed by atoms with Crippen molar-refractivity contribution >= 4 is 0 Å². The van der Waals surface area contributed by atoms with Gasteiger partial charge in [0.05, 0.1) is 5.56 Å². The van der Waals surface area contributed by atoms with Gasteiger partial charge in [-0.3, -0.25) is 10.4 Å². The molecule has 2 rings (SSSR count). The molecule has 1 aliphatic rings. The first kappa shape index (κ1) is 12.0. The number of pyridine rings is 1. The topological polar surface area (TPSA) is 52.0 Å². The number of aromatic nitrogens is 1. The number of nitrogens with one attached hydrogen (secondary N) is 1. The van der Waals surface area contributed by atoms with E-state index in [0.717, 1.165) is 19.5 Å². The summed E-state index contributed by atoms with van der Waals surface area (Å²) in [6.07, 6.45) is 7.01. The number of nitrogens with zero attached hydrogens (tertiary/aromatic N) is 3. The Kier molecular flexibility index (Phi) is 4.08. The van der Waals surface area contributed by atoms with Gasteiger partial charge in [-0.05, 0) is 43.9 Å². The lowest BCUT2D eigenvalue weighted by Crippen LogP contribution is -2.35. The van der Waals surface area contributed by atoms with Crippen molar-refractivity contribution in [2.45, 2.75) is 25.2 Å². The first-order valence-electron chi connectivity index (χ1n) is 6.11. The van der Waals surface area contributed by atoms with Crippen molar-refractivity contribution in [3.8, 4) is 6.07 Å². The highest BCUT2D eigenvalue weighted by atomic mass is 15.5. The average Bonchev–Trinajstić information content (AvgIpc) is 2.64. The van der Waals surface area contributed by atoms with Crippen LogP contribution in [0.15, 0.2) is 18.5 Å². The van der Waals surface area contributed by atoms with E-state index in [1.54, 1.807) is 6.20 Å². The van der Waals surface area contributed by atoms with Gasteiger partial charge in [-0.1, -0.05) is 0 Å². The quantitative estimate of drug-likeness (QED) is 0.839. The fourth-order valence-corrected chi connectivity index (χ4v) is 2.40. The molecule has 0 radical (unpaired) electrons. The number of hydrogen-bond donors (Lipinski definition) is 1. The summed E-state index contributed by atoms with van der Waals surface area (Å²) in [5, 5.41) is 11.1. The monoisotopic (exact) mass is 230 g/mol. The molecule has 0 aliphatic carbocycles. The maximum Gasteiger partial charge on any atom is 0.101 e. The Bertz CT molecular complexity index is 410. The van der Waals surface area contributed by atoms with E-state index < -0.39 is 0 Å². The number of rotatable bonds is 2. The number of hydrazine groups is 1. The summed E-state index contributed by atoms with van der Waals surface area (Å²) in [4.78, 5) is 4.15. The van der Waals surface area contributed by atoms with E-state index in [4.69, 9.17) is 5.26 Å². The van der Waals surface area contributed by atoms with Gasteiger partial charge in [0.1, 0.15) is 6.07 Å². The van der Waals surface area contributed by atoms with Crippen LogP contribution >= 0.6 is 0 Å². The molecule has 0 bridgehead atoms. The van der Waals surface area contributed by atoms with Crippen LogP contribution in [0.2, 0.25) is 0 Å². The Labute approximate surface area is 102 Å². The summed E-state index contributed by atoms with van der Waals surface area (Å²) < 4.78 is 0. The molecule has 17 heavy (non-hydrogen) atoms. The average molecular weight is 230 g/mol. The molecule has 0 amide bonds. The van der Waals surface area contributed by atoms with E-state index in [0.29, 0.717) is 11.5 Å². The lowest BCUT2D eigenvalue weighted by atomic mass is 9.93. The molecular formula is C13H18N4. The minimum atomic E-state index is 0.536. The van der Waals surface area contributed by atoms with Crippen LogP contribution in [0.4, 0.5) is 0 Å². The third-order valence-electron chi connectivity index (χ3n) is 3.40. The highest BCUT2D eigenvalue weighted by Gasteiger charge is 2.18. The van der Waals surface area contributed by atoms with Crippen LogP contribution in [0.25, 0.3) is 0 Å². The van der Waals surface area contributed by atoms with Crippen LogP contribution in [0.1, 0.15) is 36.3 Å². The Morgan fingerprint density at radius 2 is 2.29 bits per heavy atom. The van der Waals surface area contributed by atoms with Gasteiger partial charge >= 0.3 is 0 Å². The van der Waals surface area contributed by atoms with Crippen LogP contribution in [0.5, 0.6) is 0 Å². The number of hydrogen-bond acceptors (Lipinski definition) is 4. The molecule has 1 aliphatic heterocycles.